The van der Waals surface area contributed by atoms with E-state index in [2.05, 4.69) is 10.0 Å². The molecule has 92 valence electrons. The first-order valence-electron chi connectivity index (χ1n) is 5.41. The molecule has 0 aromatic rings. The number of carbonyl (C=O) groups excluding carboxylic acids is 1. The van der Waals surface area contributed by atoms with E-state index in [1.165, 1.54) is 0 Å². The van der Waals surface area contributed by atoms with E-state index in [9.17, 15) is 4.79 Å². The fourth-order valence-electron chi connectivity index (χ4n) is 1.90. The Balaban J connectivity index is 1.83. The minimum Gasteiger partial charge on any atom is -0.418 e. The summed E-state index contributed by atoms with van der Waals surface area (Å²) in [5.41, 5.74) is 4.95. The molecule has 7 heteroatoms. The molecule has 0 aromatic heterocycles. The van der Waals surface area contributed by atoms with E-state index in [4.69, 9.17) is 19.9 Å². The quantitative estimate of drug-likeness (QED) is 0.656. The van der Waals surface area contributed by atoms with E-state index in [1.54, 1.807) is 0 Å². The van der Waals surface area contributed by atoms with Gasteiger partial charge in [-0.15, -0.1) is 0 Å². The van der Waals surface area contributed by atoms with Gasteiger partial charge in [0.15, 0.2) is 0 Å². The van der Waals surface area contributed by atoms with Crippen LogP contribution in [0.1, 0.15) is 0 Å². The second kappa shape index (κ2) is 5.44. The van der Waals surface area contributed by atoms with E-state index in [0.717, 1.165) is 32.8 Å². The Morgan fingerprint density at radius 2 is 1.88 bits per heavy atom. The van der Waals surface area contributed by atoms with Crippen molar-refractivity contribution in [2.24, 2.45) is 5.73 Å². The van der Waals surface area contributed by atoms with Gasteiger partial charge in [0, 0.05) is 19.6 Å². The Kier molecular flexibility index (Phi) is 3.94. The predicted molar refractivity (Wildman–Crippen MR) is 54.4 cm³/mol. The molecule has 2 aliphatic rings. The van der Waals surface area contributed by atoms with Crippen LogP contribution in [0.3, 0.4) is 0 Å². The molecular formula is C9H17N3O4. The fourth-order valence-corrected chi connectivity index (χ4v) is 1.90. The molecule has 2 saturated heterocycles. The van der Waals surface area contributed by atoms with E-state index in [1.807, 2.05) is 0 Å². The molecular weight excluding hydrogens is 214 g/mol. The van der Waals surface area contributed by atoms with Crippen molar-refractivity contribution in [2.45, 2.75) is 6.29 Å². The molecule has 0 aromatic carbocycles. The van der Waals surface area contributed by atoms with Gasteiger partial charge in [-0.1, -0.05) is 0 Å². The lowest BCUT2D eigenvalue weighted by Gasteiger charge is -2.41. The summed E-state index contributed by atoms with van der Waals surface area (Å²) in [6.07, 6.45) is -1.36. The molecule has 1 atom stereocenters. The van der Waals surface area contributed by atoms with Crippen molar-refractivity contribution in [2.75, 3.05) is 46.0 Å². The summed E-state index contributed by atoms with van der Waals surface area (Å²) < 4.78 is 15.4. The highest BCUT2D eigenvalue weighted by Gasteiger charge is 2.27. The summed E-state index contributed by atoms with van der Waals surface area (Å²) in [6, 6.07) is 0. The van der Waals surface area contributed by atoms with Crippen LogP contribution in [0, 0.1) is 0 Å². The van der Waals surface area contributed by atoms with Crippen LogP contribution in [0.4, 0.5) is 4.79 Å². The van der Waals surface area contributed by atoms with Gasteiger partial charge in [-0.3, -0.25) is 0 Å². The van der Waals surface area contributed by atoms with Crippen molar-refractivity contribution in [1.29, 1.82) is 0 Å². The summed E-state index contributed by atoms with van der Waals surface area (Å²) in [6.45, 7) is 5.07. The van der Waals surface area contributed by atoms with Gasteiger partial charge in [-0.05, 0) is 0 Å². The monoisotopic (exact) mass is 231 g/mol. The Hall–Kier alpha value is -0.890. The third kappa shape index (κ3) is 3.05. The molecule has 0 bridgehead atoms. The van der Waals surface area contributed by atoms with Crippen molar-refractivity contribution < 1.29 is 19.0 Å². The number of hydrogen-bond donors (Lipinski definition) is 1. The molecule has 0 spiro atoms. The second-order valence-electron chi connectivity index (χ2n) is 3.72. The Labute approximate surface area is 94.0 Å². The molecule has 2 N–H and O–H groups in total. The molecule has 2 rings (SSSR count). The zero-order valence-electron chi connectivity index (χ0n) is 9.13. The van der Waals surface area contributed by atoms with E-state index < -0.39 is 12.4 Å². The predicted octanol–water partition coefficient (Wildman–Crippen LogP) is -1.01. The number of nitrogens with zero attached hydrogens (tertiary/aromatic N) is 2. The topological polar surface area (TPSA) is 77.3 Å². The second-order valence-corrected chi connectivity index (χ2v) is 3.72. The number of ether oxygens (including phenoxy) is 3. The highest BCUT2D eigenvalue weighted by molar-refractivity contribution is 5.64. The largest absolute Gasteiger partial charge is 0.418 e. The first kappa shape index (κ1) is 11.6. The van der Waals surface area contributed by atoms with Gasteiger partial charge in [0.25, 0.3) is 0 Å². The van der Waals surface area contributed by atoms with Gasteiger partial charge in [0.1, 0.15) is 0 Å². The fraction of sp³-hybridized carbons (Fsp3) is 0.889. The van der Waals surface area contributed by atoms with Crippen molar-refractivity contribution >= 4 is 6.09 Å². The lowest BCUT2D eigenvalue weighted by molar-refractivity contribution is -0.203. The average molecular weight is 231 g/mol. The Morgan fingerprint density at radius 1 is 1.19 bits per heavy atom. The lowest BCUT2D eigenvalue weighted by Crippen LogP contribution is -2.56. The zero-order valence-corrected chi connectivity index (χ0v) is 9.13. The summed E-state index contributed by atoms with van der Waals surface area (Å²) in [5.74, 6) is 0. The van der Waals surface area contributed by atoms with Crippen LogP contribution in [0.5, 0.6) is 0 Å². The summed E-state index contributed by atoms with van der Waals surface area (Å²) in [5, 5.41) is 4.32. The van der Waals surface area contributed by atoms with E-state index in [-0.39, 0.29) is 0 Å². The number of hydrazine groups is 1. The standard InChI is InChI=1S/C9H17N3O4/c10-9(13)16-8-7-12(3-6-15-8)11-1-4-14-5-2-11/h8H,1-7H2,(H2,10,13). The third-order valence-electron chi connectivity index (χ3n) is 2.65. The Morgan fingerprint density at radius 3 is 2.56 bits per heavy atom. The molecule has 2 aliphatic heterocycles. The van der Waals surface area contributed by atoms with Gasteiger partial charge in [0.05, 0.1) is 26.4 Å². The van der Waals surface area contributed by atoms with Crippen LogP contribution in [-0.2, 0) is 14.2 Å². The van der Waals surface area contributed by atoms with Crippen molar-refractivity contribution in [3.05, 3.63) is 0 Å². The SMILES string of the molecule is NC(=O)OC1CN(N2CCOCC2)CCO1. The molecule has 2 heterocycles. The molecule has 16 heavy (non-hydrogen) atoms. The zero-order chi connectivity index (χ0) is 11.4. The molecule has 0 radical (unpaired) electrons. The van der Waals surface area contributed by atoms with Gasteiger partial charge in [-0.25, -0.2) is 14.8 Å². The number of rotatable bonds is 2. The third-order valence-corrected chi connectivity index (χ3v) is 2.65. The van der Waals surface area contributed by atoms with Crippen LogP contribution >= 0.6 is 0 Å². The average Bonchev–Trinajstić information content (AvgIpc) is 2.30. The van der Waals surface area contributed by atoms with E-state index >= 15 is 0 Å². The minimum atomic E-state index is -0.797. The molecule has 2 fully saturated rings. The number of morpholine rings is 2. The van der Waals surface area contributed by atoms with Gasteiger partial charge in [0.2, 0.25) is 6.29 Å². The molecule has 1 amide bonds. The van der Waals surface area contributed by atoms with Gasteiger partial charge < -0.3 is 19.9 Å². The van der Waals surface area contributed by atoms with Crippen molar-refractivity contribution in [3.8, 4) is 0 Å². The number of amides is 1. The highest BCUT2D eigenvalue weighted by Crippen LogP contribution is 2.11. The molecule has 7 nitrogen and oxygen atoms in total. The van der Waals surface area contributed by atoms with Crippen LogP contribution in [0.2, 0.25) is 0 Å². The maximum absolute atomic E-state index is 10.6. The van der Waals surface area contributed by atoms with Gasteiger partial charge >= 0.3 is 6.09 Å². The van der Waals surface area contributed by atoms with Crippen LogP contribution in [0.25, 0.3) is 0 Å². The lowest BCUT2D eigenvalue weighted by atomic mass is 10.4. The first-order chi connectivity index (χ1) is 7.75. The van der Waals surface area contributed by atoms with Crippen molar-refractivity contribution in [3.63, 3.8) is 0 Å². The summed E-state index contributed by atoms with van der Waals surface area (Å²) >= 11 is 0. The minimum absolute atomic E-state index is 0.531. The maximum Gasteiger partial charge on any atom is 0.406 e. The molecule has 0 aliphatic carbocycles. The summed E-state index contributed by atoms with van der Waals surface area (Å²) in [7, 11) is 0. The summed E-state index contributed by atoms with van der Waals surface area (Å²) in [4.78, 5) is 10.6. The van der Waals surface area contributed by atoms with Crippen LogP contribution < -0.4 is 5.73 Å². The van der Waals surface area contributed by atoms with Crippen LogP contribution in [-0.4, -0.2) is 68.4 Å². The smallest absolute Gasteiger partial charge is 0.406 e. The van der Waals surface area contributed by atoms with Crippen LogP contribution in [0.15, 0.2) is 0 Å². The number of nitrogens with two attached hydrogens (primary N) is 1. The molecule has 1 unspecified atom stereocenters. The Bertz CT molecular complexity index is 245. The van der Waals surface area contributed by atoms with Crippen molar-refractivity contribution in [1.82, 2.24) is 10.0 Å². The normalized spacial score (nSPS) is 28.9. The van der Waals surface area contributed by atoms with E-state index in [0.29, 0.717) is 13.2 Å². The maximum atomic E-state index is 10.6. The number of hydrogen-bond acceptors (Lipinski definition) is 6. The highest BCUT2D eigenvalue weighted by atomic mass is 16.7. The van der Waals surface area contributed by atoms with Gasteiger partial charge in [-0.2, -0.15) is 0 Å². The first-order valence-corrected chi connectivity index (χ1v) is 5.41. The molecule has 0 saturated carbocycles. The number of primary amides is 1. The number of carbonyl (C=O) groups is 1.